The van der Waals surface area contributed by atoms with E-state index >= 15 is 0 Å². The molecule has 1 aliphatic carbocycles. The predicted octanol–water partition coefficient (Wildman–Crippen LogP) is 4.96. The predicted molar refractivity (Wildman–Crippen MR) is 81.9 cm³/mol. The number of fused-ring (bicyclic) bond motifs is 2. The summed E-state index contributed by atoms with van der Waals surface area (Å²) in [5, 5.41) is 0. The molecule has 0 saturated heterocycles. The van der Waals surface area contributed by atoms with Crippen LogP contribution in [0.2, 0.25) is 0 Å². The van der Waals surface area contributed by atoms with Gasteiger partial charge in [-0.2, -0.15) is 0 Å². The van der Waals surface area contributed by atoms with Gasteiger partial charge in [-0.05, 0) is 34.7 Å². The molecule has 0 nitrogen and oxygen atoms in total. The van der Waals surface area contributed by atoms with Crippen LogP contribution in [0.3, 0.4) is 0 Å². The van der Waals surface area contributed by atoms with Gasteiger partial charge in [-0.1, -0.05) is 70.0 Å². The standard InChI is InChI=1S/C19H22/c1-13-9-8-12-16-17(13)19(4,5)15-11-7-6-10-14(15)18(16,2)3/h6-12H,1-5H3/i2D3,4D3. The van der Waals surface area contributed by atoms with E-state index in [1.54, 1.807) is 44.2 Å². The Labute approximate surface area is 124 Å². The Balaban J connectivity index is 2.56. The molecule has 3 rings (SSSR count). The van der Waals surface area contributed by atoms with Crippen molar-refractivity contribution in [1.29, 1.82) is 0 Å². The SMILES string of the molecule is [2H]C([2H])([2H])C1(C)c2ccccc2C(C)(C([2H])([2H])[2H])c2c(C)cccc21. The molecule has 0 fully saturated rings. The fourth-order valence-corrected chi connectivity index (χ4v) is 3.38. The smallest absolute Gasteiger partial charge is 0.0243 e. The van der Waals surface area contributed by atoms with Gasteiger partial charge < -0.3 is 0 Å². The van der Waals surface area contributed by atoms with Gasteiger partial charge in [-0.15, -0.1) is 0 Å². The van der Waals surface area contributed by atoms with Gasteiger partial charge in [0.05, 0.1) is 0 Å². The first-order valence-electron chi connectivity index (χ1n) is 9.57. The largest absolute Gasteiger partial charge is 0.0619 e. The average molecular weight is 256 g/mol. The molecule has 0 radical (unpaired) electrons. The summed E-state index contributed by atoms with van der Waals surface area (Å²) in [4.78, 5) is 0. The minimum Gasteiger partial charge on any atom is -0.0619 e. The van der Waals surface area contributed by atoms with Crippen molar-refractivity contribution < 1.29 is 8.22 Å². The number of hydrogen-bond acceptors (Lipinski definition) is 0. The minimum absolute atomic E-state index is 0.576. The van der Waals surface area contributed by atoms with E-state index in [1.807, 2.05) is 19.1 Å². The second kappa shape index (κ2) is 3.72. The number of hydrogen-bond donors (Lipinski definition) is 0. The highest BCUT2D eigenvalue weighted by Gasteiger charge is 2.41. The highest BCUT2D eigenvalue weighted by atomic mass is 14.4. The van der Waals surface area contributed by atoms with Crippen molar-refractivity contribution in [2.45, 2.75) is 45.3 Å². The van der Waals surface area contributed by atoms with Gasteiger partial charge in [0.1, 0.15) is 0 Å². The molecule has 2 unspecified atom stereocenters. The maximum atomic E-state index is 8.26. The number of benzene rings is 2. The van der Waals surface area contributed by atoms with Gasteiger partial charge in [0, 0.05) is 19.1 Å². The lowest BCUT2D eigenvalue weighted by atomic mass is 9.59. The van der Waals surface area contributed by atoms with Crippen molar-refractivity contribution in [2.24, 2.45) is 0 Å². The monoisotopic (exact) mass is 256 g/mol. The van der Waals surface area contributed by atoms with E-state index in [0.29, 0.717) is 22.3 Å². The molecule has 0 heteroatoms. The molecular weight excluding hydrogens is 228 g/mol. The second-order valence-corrected chi connectivity index (χ2v) is 5.79. The normalized spacial score (nSPS) is 34.7. The molecule has 0 saturated carbocycles. The summed E-state index contributed by atoms with van der Waals surface area (Å²) in [6.45, 7) is 0.665. The van der Waals surface area contributed by atoms with Crippen molar-refractivity contribution in [1.82, 2.24) is 0 Å². The summed E-state index contributed by atoms with van der Waals surface area (Å²) in [5.41, 5.74) is 0.658. The third-order valence-electron chi connectivity index (χ3n) is 4.32. The third-order valence-corrected chi connectivity index (χ3v) is 4.32. The van der Waals surface area contributed by atoms with Crippen molar-refractivity contribution in [3.8, 4) is 0 Å². The zero-order valence-electron chi connectivity index (χ0n) is 17.5. The van der Waals surface area contributed by atoms with Gasteiger partial charge in [0.2, 0.25) is 0 Å². The van der Waals surface area contributed by atoms with Gasteiger partial charge in [0.25, 0.3) is 0 Å². The summed E-state index contributed by atoms with van der Waals surface area (Å²) in [6.07, 6.45) is 0. The Morgan fingerprint density at radius 1 is 0.789 bits per heavy atom. The van der Waals surface area contributed by atoms with Crippen LogP contribution in [-0.2, 0) is 10.8 Å². The highest BCUT2D eigenvalue weighted by Crippen LogP contribution is 2.50. The Morgan fingerprint density at radius 2 is 1.37 bits per heavy atom. The van der Waals surface area contributed by atoms with Gasteiger partial charge in [-0.3, -0.25) is 0 Å². The van der Waals surface area contributed by atoms with Crippen LogP contribution in [0.1, 0.15) is 63.6 Å². The molecule has 98 valence electrons. The van der Waals surface area contributed by atoms with Crippen molar-refractivity contribution >= 4 is 0 Å². The molecule has 0 aliphatic heterocycles. The quantitative estimate of drug-likeness (QED) is 0.625. The number of rotatable bonds is 0. The third kappa shape index (κ3) is 1.52. The van der Waals surface area contributed by atoms with Crippen LogP contribution in [-0.4, -0.2) is 0 Å². The Kier molecular flexibility index (Phi) is 1.43. The lowest BCUT2D eigenvalue weighted by Crippen LogP contribution is -2.37. The van der Waals surface area contributed by atoms with Gasteiger partial charge >= 0.3 is 0 Å². The summed E-state index contributed by atoms with van der Waals surface area (Å²) in [7, 11) is 0. The van der Waals surface area contributed by atoms with E-state index < -0.39 is 24.5 Å². The zero-order valence-corrected chi connectivity index (χ0v) is 11.5. The van der Waals surface area contributed by atoms with Crippen LogP contribution >= 0.6 is 0 Å². The van der Waals surface area contributed by atoms with E-state index in [1.165, 1.54) is 0 Å². The highest BCUT2D eigenvalue weighted by molar-refractivity contribution is 5.60. The molecule has 0 heterocycles. The average Bonchev–Trinajstić information content (AvgIpc) is 2.50. The van der Waals surface area contributed by atoms with Gasteiger partial charge in [-0.25, -0.2) is 0 Å². The van der Waals surface area contributed by atoms with Crippen LogP contribution in [0, 0.1) is 6.92 Å². The zero-order chi connectivity index (χ0) is 18.8. The topological polar surface area (TPSA) is 0 Å². The van der Waals surface area contributed by atoms with E-state index in [9.17, 15) is 0 Å². The summed E-state index contributed by atoms with van der Waals surface area (Å²) < 4.78 is 49.5. The molecule has 0 N–H and O–H groups in total. The van der Waals surface area contributed by atoms with Crippen LogP contribution in [0.5, 0.6) is 0 Å². The maximum Gasteiger partial charge on any atom is 0.0243 e. The van der Waals surface area contributed by atoms with Crippen LogP contribution in [0.15, 0.2) is 42.5 Å². The molecular formula is C19H22. The molecule has 2 aromatic rings. The Morgan fingerprint density at radius 3 is 2.00 bits per heavy atom. The molecule has 2 atom stereocenters. The van der Waals surface area contributed by atoms with Crippen molar-refractivity contribution in [3.05, 3.63) is 70.3 Å². The van der Waals surface area contributed by atoms with E-state index in [0.717, 1.165) is 5.56 Å². The summed E-state index contributed by atoms with van der Waals surface area (Å²) in [6, 6.07) is 12.5. The molecule has 2 aromatic carbocycles. The first kappa shape index (κ1) is 7.28. The van der Waals surface area contributed by atoms with E-state index in [2.05, 4.69) is 0 Å². The lowest BCUT2D eigenvalue weighted by Gasteiger charge is -2.44. The molecule has 19 heavy (non-hydrogen) atoms. The first-order valence-corrected chi connectivity index (χ1v) is 6.57. The van der Waals surface area contributed by atoms with E-state index in [-0.39, 0.29) is 0 Å². The van der Waals surface area contributed by atoms with Crippen molar-refractivity contribution in [2.75, 3.05) is 0 Å². The molecule has 0 aromatic heterocycles. The Bertz CT molecular complexity index is 833. The fraction of sp³-hybridized carbons (Fsp3) is 0.368. The Hall–Kier alpha value is -1.56. The van der Waals surface area contributed by atoms with Crippen LogP contribution in [0.4, 0.5) is 0 Å². The van der Waals surface area contributed by atoms with Crippen LogP contribution < -0.4 is 0 Å². The van der Waals surface area contributed by atoms with Crippen molar-refractivity contribution in [3.63, 3.8) is 0 Å². The van der Waals surface area contributed by atoms with Crippen LogP contribution in [0.25, 0.3) is 0 Å². The lowest BCUT2D eigenvalue weighted by molar-refractivity contribution is 0.518. The minimum atomic E-state index is -2.31. The maximum absolute atomic E-state index is 8.26. The first-order chi connectivity index (χ1) is 11.4. The second-order valence-electron chi connectivity index (χ2n) is 5.79. The number of aryl methyl sites for hydroxylation is 1. The van der Waals surface area contributed by atoms with Gasteiger partial charge in [0.15, 0.2) is 0 Å². The summed E-state index contributed by atoms with van der Waals surface area (Å²) in [5.74, 6) is 0. The molecule has 0 amide bonds. The molecule has 1 aliphatic rings. The molecule has 0 spiro atoms. The summed E-state index contributed by atoms with van der Waals surface area (Å²) >= 11 is 0. The van der Waals surface area contributed by atoms with E-state index in [4.69, 9.17) is 8.22 Å². The molecule has 0 bridgehead atoms. The fourth-order valence-electron chi connectivity index (χ4n) is 3.38.